The number of hydrogen-bond acceptors (Lipinski definition) is 3. The first-order chi connectivity index (χ1) is 11.6. The molecule has 1 amide bonds. The Morgan fingerprint density at radius 1 is 1.38 bits per heavy atom. The number of amides is 1. The molecule has 2 aromatic carbocycles. The highest BCUT2D eigenvalue weighted by Crippen LogP contribution is 2.26. The Morgan fingerprint density at radius 3 is 2.96 bits per heavy atom. The normalized spacial score (nSPS) is 10.6. The second-order valence-electron chi connectivity index (χ2n) is 4.96. The van der Waals surface area contributed by atoms with Crippen molar-refractivity contribution >= 4 is 34.2 Å². The molecule has 0 unspecified atom stereocenters. The van der Waals surface area contributed by atoms with Crippen molar-refractivity contribution in [3.05, 3.63) is 65.5 Å². The Labute approximate surface area is 142 Å². The summed E-state index contributed by atoms with van der Waals surface area (Å²) in [6.45, 7) is 3.97. The molecule has 0 bridgehead atoms. The standard InChI is InChI=1S/C17H13ClFN3O2/c1-2-7-24-11-4-6-15-12(9-11)16(22-21-15)20-17(23)10-3-5-14(19)13(18)8-10/h2-6,8-9H,1,7H2,(H2,20,21,22,23). The molecule has 0 saturated heterocycles. The molecule has 1 aromatic heterocycles. The second-order valence-corrected chi connectivity index (χ2v) is 5.37. The van der Waals surface area contributed by atoms with Crippen molar-refractivity contribution in [2.45, 2.75) is 0 Å². The summed E-state index contributed by atoms with van der Waals surface area (Å²) in [6.07, 6.45) is 1.64. The molecule has 122 valence electrons. The highest BCUT2D eigenvalue weighted by molar-refractivity contribution is 6.31. The van der Waals surface area contributed by atoms with Crippen molar-refractivity contribution in [3.8, 4) is 5.75 Å². The number of hydrogen-bond donors (Lipinski definition) is 2. The number of anilines is 1. The van der Waals surface area contributed by atoms with Crippen molar-refractivity contribution in [2.75, 3.05) is 11.9 Å². The van der Waals surface area contributed by atoms with Crippen LogP contribution in [-0.4, -0.2) is 22.7 Å². The number of benzene rings is 2. The molecule has 0 radical (unpaired) electrons. The molecule has 0 saturated carbocycles. The third-order valence-corrected chi connectivity index (χ3v) is 3.61. The number of H-pyrrole nitrogens is 1. The molecule has 0 aliphatic heterocycles. The molecule has 2 N–H and O–H groups in total. The molecule has 0 aliphatic rings. The van der Waals surface area contributed by atoms with E-state index in [2.05, 4.69) is 22.1 Å². The summed E-state index contributed by atoms with van der Waals surface area (Å²) in [5.41, 5.74) is 0.977. The van der Waals surface area contributed by atoms with E-state index in [4.69, 9.17) is 16.3 Å². The zero-order valence-corrected chi connectivity index (χ0v) is 13.2. The first-order valence-corrected chi connectivity index (χ1v) is 7.44. The molecule has 24 heavy (non-hydrogen) atoms. The minimum absolute atomic E-state index is 0.116. The number of aromatic amines is 1. The summed E-state index contributed by atoms with van der Waals surface area (Å²) in [5, 5.41) is 10.2. The van der Waals surface area contributed by atoms with Gasteiger partial charge in [-0.3, -0.25) is 9.89 Å². The SMILES string of the molecule is C=CCOc1ccc2[nH]nc(NC(=O)c3ccc(F)c(Cl)c3)c2c1. The van der Waals surface area contributed by atoms with Crippen LogP contribution in [0.5, 0.6) is 5.75 Å². The van der Waals surface area contributed by atoms with Gasteiger partial charge >= 0.3 is 0 Å². The zero-order valence-electron chi connectivity index (χ0n) is 12.5. The van der Waals surface area contributed by atoms with Crippen LogP contribution >= 0.6 is 11.6 Å². The van der Waals surface area contributed by atoms with E-state index in [0.717, 1.165) is 11.6 Å². The van der Waals surface area contributed by atoms with E-state index in [1.807, 2.05) is 0 Å². The van der Waals surface area contributed by atoms with E-state index in [0.29, 0.717) is 23.6 Å². The van der Waals surface area contributed by atoms with Crippen LogP contribution in [0.2, 0.25) is 5.02 Å². The lowest BCUT2D eigenvalue weighted by Gasteiger charge is -2.05. The minimum Gasteiger partial charge on any atom is -0.490 e. The topological polar surface area (TPSA) is 67.0 Å². The van der Waals surface area contributed by atoms with Crippen LogP contribution in [0.1, 0.15) is 10.4 Å². The third kappa shape index (κ3) is 3.23. The monoisotopic (exact) mass is 345 g/mol. The van der Waals surface area contributed by atoms with Crippen LogP contribution in [0.4, 0.5) is 10.2 Å². The van der Waals surface area contributed by atoms with Gasteiger partial charge in [-0.15, -0.1) is 0 Å². The number of nitrogens with one attached hydrogen (secondary N) is 2. The number of ether oxygens (including phenoxy) is 1. The van der Waals surface area contributed by atoms with Crippen LogP contribution in [0.3, 0.4) is 0 Å². The molecular weight excluding hydrogens is 333 g/mol. The minimum atomic E-state index is -0.581. The maximum absolute atomic E-state index is 13.2. The van der Waals surface area contributed by atoms with Gasteiger partial charge in [-0.2, -0.15) is 5.10 Å². The first-order valence-electron chi connectivity index (χ1n) is 7.06. The summed E-state index contributed by atoms with van der Waals surface area (Å²) in [7, 11) is 0. The van der Waals surface area contributed by atoms with Gasteiger partial charge in [0.05, 0.1) is 10.5 Å². The predicted molar refractivity (Wildman–Crippen MR) is 91.1 cm³/mol. The van der Waals surface area contributed by atoms with Crippen LogP contribution in [-0.2, 0) is 0 Å². The lowest BCUT2D eigenvalue weighted by atomic mass is 10.2. The van der Waals surface area contributed by atoms with Crippen LogP contribution < -0.4 is 10.1 Å². The molecule has 3 aromatic rings. The number of fused-ring (bicyclic) bond motifs is 1. The molecular formula is C17H13ClFN3O2. The summed E-state index contributed by atoms with van der Waals surface area (Å²) in [6, 6.07) is 9.10. The van der Waals surface area contributed by atoms with Gasteiger partial charge in [0.2, 0.25) is 0 Å². The highest BCUT2D eigenvalue weighted by Gasteiger charge is 2.13. The van der Waals surface area contributed by atoms with Gasteiger partial charge in [-0.05, 0) is 36.4 Å². The quantitative estimate of drug-likeness (QED) is 0.682. The van der Waals surface area contributed by atoms with E-state index in [1.165, 1.54) is 12.1 Å². The maximum Gasteiger partial charge on any atom is 0.256 e. The van der Waals surface area contributed by atoms with Crippen molar-refractivity contribution in [3.63, 3.8) is 0 Å². The summed E-state index contributed by atoms with van der Waals surface area (Å²) in [4.78, 5) is 12.3. The van der Waals surface area contributed by atoms with Gasteiger partial charge in [0.15, 0.2) is 5.82 Å². The largest absolute Gasteiger partial charge is 0.490 e. The Hall–Kier alpha value is -2.86. The van der Waals surface area contributed by atoms with E-state index in [-0.39, 0.29) is 10.6 Å². The van der Waals surface area contributed by atoms with E-state index < -0.39 is 11.7 Å². The van der Waals surface area contributed by atoms with Gasteiger partial charge in [-0.25, -0.2) is 4.39 Å². The molecule has 0 aliphatic carbocycles. The lowest BCUT2D eigenvalue weighted by Crippen LogP contribution is -2.12. The van der Waals surface area contributed by atoms with E-state index >= 15 is 0 Å². The predicted octanol–water partition coefficient (Wildman–Crippen LogP) is 4.17. The molecule has 3 rings (SSSR count). The van der Waals surface area contributed by atoms with Crippen molar-refractivity contribution in [1.82, 2.24) is 10.2 Å². The van der Waals surface area contributed by atoms with E-state index in [1.54, 1.807) is 24.3 Å². The number of halogens is 2. The number of nitrogens with zero attached hydrogens (tertiary/aromatic N) is 1. The van der Waals surface area contributed by atoms with Gasteiger partial charge in [0.1, 0.15) is 18.2 Å². The van der Waals surface area contributed by atoms with Crippen molar-refractivity contribution in [1.29, 1.82) is 0 Å². The number of carbonyl (C=O) groups is 1. The van der Waals surface area contributed by atoms with Crippen LogP contribution in [0.15, 0.2) is 49.1 Å². The Morgan fingerprint density at radius 2 is 2.21 bits per heavy atom. The Kier molecular flexibility index (Phi) is 4.48. The zero-order chi connectivity index (χ0) is 17.1. The molecule has 0 spiro atoms. The smallest absolute Gasteiger partial charge is 0.256 e. The fourth-order valence-electron chi connectivity index (χ4n) is 2.15. The molecule has 5 nitrogen and oxygen atoms in total. The van der Waals surface area contributed by atoms with Crippen molar-refractivity contribution < 1.29 is 13.9 Å². The fourth-order valence-corrected chi connectivity index (χ4v) is 2.33. The average molecular weight is 346 g/mol. The molecule has 0 fully saturated rings. The van der Waals surface area contributed by atoms with Gasteiger partial charge < -0.3 is 10.1 Å². The second kappa shape index (κ2) is 6.72. The fraction of sp³-hybridized carbons (Fsp3) is 0.0588. The summed E-state index contributed by atoms with van der Waals surface area (Å²) >= 11 is 5.70. The van der Waals surface area contributed by atoms with Crippen molar-refractivity contribution in [2.24, 2.45) is 0 Å². The van der Waals surface area contributed by atoms with Crippen LogP contribution in [0, 0.1) is 5.82 Å². The molecule has 7 heteroatoms. The highest BCUT2D eigenvalue weighted by atomic mass is 35.5. The molecule has 0 atom stereocenters. The summed E-state index contributed by atoms with van der Waals surface area (Å²) < 4.78 is 18.7. The Bertz CT molecular complexity index is 923. The lowest BCUT2D eigenvalue weighted by molar-refractivity contribution is 0.102. The first kappa shape index (κ1) is 16.0. The average Bonchev–Trinajstić information content (AvgIpc) is 2.97. The Balaban J connectivity index is 1.87. The van der Waals surface area contributed by atoms with E-state index in [9.17, 15) is 9.18 Å². The third-order valence-electron chi connectivity index (χ3n) is 3.32. The van der Waals surface area contributed by atoms with Gasteiger partial charge in [0.25, 0.3) is 5.91 Å². The van der Waals surface area contributed by atoms with Gasteiger partial charge in [-0.1, -0.05) is 24.3 Å². The maximum atomic E-state index is 13.2. The number of rotatable bonds is 5. The number of aromatic nitrogens is 2. The van der Waals surface area contributed by atoms with Gasteiger partial charge in [0, 0.05) is 10.9 Å². The van der Waals surface area contributed by atoms with Crippen LogP contribution in [0.25, 0.3) is 10.9 Å². The molecule has 1 heterocycles. The summed E-state index contributed by atoms with van der Waals surface area (Å²) in [5.74, 6) is -0.0474. The number of carbonyl (C=O) groups excluding carboxylic acids is 1.